The third kappa shape index (κ3) is 4.69. The molecule has 0 bridgehead atoms. The van der Waals surface area contributed by atoms with E-state index in [4.69, 9.17) is 10.00 Å². The molecule has 0 spiro atoms. The van der Waals surface area contributed by atoms with Crippen LogP contribution in [0.5, 0.6) is 5.75 Å². The van der Waals surface area contributed by atoms with E-state index in [1.807, 2.05) is 54.8 Å². The number of rotatable bonds is 7. The summed E-state index contributed by atoms with van der Waals surface area (Å²) in [5, 5.41) is 22.3. The van der Waals surface area contributed by atoms with Gasteiger partial charge in [0.15, 0.2) is 0 Å². The van der Waals surface area contributed by atoms with Crippen LogP contribution in [0.1, 0.15) is 23.9 Å². The summed E-state index contributed by atoms with van der Waals surface area (Å²) in [5.74, 6) is 0.714. The lowest BCUT2D eigenvalue weighted by Crippen LogP contribution is -2.29. The molecule has 0 saturated carbocycles. The van der Waals surface area contributed by atoms with Gasteiger partial charge in [-0.2, -0.15) is 5.26 Å². The number of aryl methyl sites for hydroxylation is 1. The van der Waals surface area contributed by atoms with Crippen LogP contribution in [-0.4, -0.2) is 22.3 Å². The monoisotopic (exact) mass is 364 g/mol. The summed E-state index contributed by atoms with van der Waals surface area (Å²) in [7, 11) is 0. The Hall–Kier alpha value is -2.68. The van der Waals surface area contributed by atoms with Crippen LogP contribution in [0.3, 0.4) is 0 Å². The highest BCUT2D eigenvalue weighted by Crippen LogP contribution is 2.24. The van der Waals surface area contributed by atoms with Crippen molar-refractivity contribution in [2.75, 3.05) is 0 Å². The quantitative estimate of drug-likeness (QED) is 0.673. The molecule has 0 aliphatic heterocycles. The van der Waals surface area contributed by atoms with Gasteiger partial charge >= 0.3 is 0 Å². The van der Waals surface area contributed by atoms with Crippen LogP contribution in [0, 0.1) is 11.3 Å². The van der Waals surface area contributed by atoms with E-state index < -0.39 is 6.10 Å². The number of aromatic nitrogens is 1. The molecule has 26 heavy (non-hydrogen) atoms. The van der Waals surface area contributed by atoms with Crippen LogP contribution in [0.4, 0.5) is 0 Å². The second-order valence-corrected chi connectivity index (χ2v) is 7.05. The van der Waals surface area contributed by atoms with Crippen molar-refractivity contribution in [3.05, 3.63) is 70.7 Å². The molecule has 0 saturated heterocycles. The molecule has 4 nitrogen and oxygen atoms in total. The number of hydrogen-bond acceptors (Lipinski definition) is 5. The van der Waals surface area contributed by atoms with E-state index in [2.05, 4.69) is 11.1 Å². The fourth-order valence-corrected chi connectivity index (χ4v) is 3.31. The Morgan fingerprint density at radius 2 is 2.00 bits per heavy atom. The summed E-state index contributed by atoms with van der Waals surface area (Å²) in [6, 6.07) is 17.3. The standard InChI is InChI=1S/C21H20N2O2S/c1-15(20(24)9-10-21-23-11-12-26-21)25-19-7-5-17(6-8-19)18-4-2-3-16(13-18)14-22/h2-8,11-13,15,20,24H,9-10H2,1H3/t15-,20?/m0/s1. The van der Waals surface area contributed by atoms with Crippen molar-refractivity contribution in [1.29, 1.82) is 5.26 Å². The Kier molecular flexibility index (Phi) is 6.00. The second-order valence-electron chi connectivity index (χ2n) is 6.07. The van der Waals surface area contributed by atoms with Gasteiger partial charge in [0.05, 0.1) is 22.7 Å². The van der Waals surface area contributed by atoms with Crippen molar-refractivity contribution in [3.8, 4) is 22.9 Å². The highest BCUT2D eigenvalue weighted by Gasteiger charge is 2.16. The van der Waals surface area contributed by atoms with Crippen LogP contribution >= 0.6 is 11.3 Å². The molecule has 3 rings (SSSR count). The predicted octanol–water partition coefficient (Wildman–Crippen LogP) is 4.44. The average molecular weight is 364 g/mol. The maximum atomic E-state index is 10.3. The molecule has 2 atom stereocenters. The molecule has 132 valence electrons. The van der Waals surface area contributed by atoms with Gasteiger partial charge in [0, 0.05) is 18.0 Å². The van der Waals surface area contributed by atoms with Crippen molar-refractivity contribution in [3.63, 3.8) is 0 Å². The van der Waals surface area contributed by atoms with Crippen molar-refractivity contribution >= 4 is 11.3 Å². The lowest BCUT2D eigenvalue weighted by atomic mass is 10.0. The third-order valence-corrected chi connectivity index (χ3v) is 5.02. The molecule has 1 aromatic heterocycles. The van der Waals surface area contributed by atoms with E-state index in [1.54, 1.807) is 23.6 Å². The molecule has 0 fully saturated rings. The lowest BCUT2D eigenvalue weighted by molar-refractivity contribution is 0.0420. The molecular formula is C21H20N2O2S. The molecule has 0 amide bonds. The summed E-state index contributed by atoms with van der Waals surface area (Å²) >= 11 is 1.60. The Labute approximate surface area is 157 Å². The van der Waals surface area contributed by atoms with E-state index in [9.17, 15) is 5.11 Å². The lowest BCUT2D eigenvalue weighted by Gasteiger charge is -2.20. The van der Waals surface area contributed by atoms with E-state index >= 15 is 0 Å². The van der Waals surface area contributed by atoms with Crippen LogP contribution in [0.15, 0.2) is 60.1 Å². The number of aliphatic hydroxyl groups excluding tert-OH is 1. The minimum Gasteiger partial charge on any atom is -0.488 e. The van der Waals surface area contributed by atoms with Crippen molar-refractivity contribution in [1.82, 2.24) is 4.98 Å². The average Bonchev–Trinajstić information content (AvgIpc) is 3.20. The molecule has 2 aromatic carbocycles. The van der Waals surface area contributed by atoms with Crippen LogP contribution < -0.4 is 4.74 Å². The van der Waals surface area contributed by atoms with Gasteiger partial charge in [-0.05, 0) is 48.7 Å². The first-order chi connectivity index (χ1) is 12.7. The molecule has 0 aliphatic carbocycles. The normalized spacial score (nSPS) is 13.0. The zero-order valence-electron chi connectivity index (χ0n) is 14.5. The molecule has 0 radical (unpaired) electrons. The smallest absolute Gasteiger partial charge is 0.122 e. The third-order valence-electron chi connectivity index (χ3n) is 4.18. The molecule has 1 heterocycles. The first-order valence-corrected chi connectivity index (χ1v) is 9.37. The number of ether oxygens (including phenoxy) is 1. The Morgan fingerprint density at radius 3 is 2.69 bits per heavy atom. The highest BCUT2D eigenvalue weighted by molar-refractivity contribution is 7.09. The maximum Gasteiger partial charge on any atom is 0.122 e. The number of hydrogen-bond donors (Lipinski definition) is 1. The molecule has 5 heteroatoms. The summed E-state index contributed by atoms with van der Waals surface area (Å²) in [6.45, 7) is 1.87. The zero-order chi connectivity index (χ0) is 18.4. The molecule has 1 N–H and O–H groups in total. The summed E-state index contributed by atoms with van der Waals surface area (Å²) < 4.78 is 5.86. The highest BCUT2D eigenvalue weighted by atomic mass is 32.1. The molecule has 0 aliphatic rings. The number of aliphatic hydroxyl groups is 1. The predicted molar refractivity (Wildman–Crippen MR) is 103 cm³/mol. The first kappa shape index (κ1) is 18.1. The van der Waals surface area contributed by atoms with Gasteiger partial charge in [0.1, 0.15) is 11.9 Å². The van der Waals surface area contributed by atoms with E-state index in [0.29, 0.717) is 17.7 Å². The van der Waals surface area contributed by atoms with Gasteiger partial charge in [0.2, 0.25) is 0 Å². The van der Waals surface area contributed by atoms with Gasteiger partial charge in [-0.25, -0.2) is 4.98 Å². The number of benzene rings is 2. The molecular weight excluding hydrogens is 344 g/mol. The summed E-state index contributed by atoms with van der Waals surface area (Å²) in [4.78, 5) is 4.23. The van der Waals surface area contributed by atoms with Crippen LogP contribution in [0.2, 0.25) is 0 Å². The Bertz CT molecular complexity index is 870. The topological polar surface area (TPSA) is 66.1 Å². The summed E-state index contributed by atoms with van der Waals surface area (Å²) in [5.41, 5.74) is 2.65. The zero-order valence-corrected chi connectivity index (χ0v) is 15.3. The van der Waals surface area contributed by atoms with E-state index in [-0.39, 0.29) is 6.10 Å². The molecule has 1 unspecified atom stereocenters. The largest absolute Gasteiger partial charge is 0.488 e. The van der Waals surface area contributed by atoms with Crippen LogP contribution in [0.25, 0.3) is 11.1 Å². The SMILES string of the molecule is C[C@H](Oc1ccc(-c2cccc(C#N)c2)cc1)C(O)CCc1nccs1. The minimum atomic E-state index is -0.550. The van der Waals surface area contributed by atoms with Gasteiger partial charge in [-0.3, -0.25) is 0 Å². The first-order valence-electron chi connectivity index (χ1n) is 8.49. The van der Waals surface area contributed by atoms with Crippen molar-refractivity contribution < 1.29 is 9.84 Å². The Balaban J connectivity index is 1.58. The molecule has 3 aromatic rings. The van der Waals surface area contributed by atoms with E-state index in [1.165, 1.54) is 0 Å². The minimum absolute atomic E-state index is 0.303. The maximum absolute atomic E-state index is 10.3. The number of nitriles is 1. The second kappa shape index (κ2) is 8.61. The van der Waals surface area contributed by atoms with Crippen LogP contribution in [-0.2, 0) is 6.42 Å². The fraction of sp³-hybridized carbons (Fsp3) is 0.238. The van der Waals surface area contributed by atoms with Gasteiger partial charge < -0.3 is 9.84 Å². The van der Waals surface area contributed by atoms with Crippen molar-refractivity contribution in [2.45, 2.75) is 32.0 Å². The van der Waals surface area contributed by atoms with E-state index in [0.717, 1.165) is 22.6 Å². The summed E-state index contributed by atoms with van der Waals surface area (Å²) in [6.07, 6.45) is 2.29. The van der Waals surface area contributed by atoms with Gasteiger partial charge in [0.25, 0.3) is 0 Å². The van der Waals surface area contributed by atoms with Crippen molar-refractivity contribution in [2.24, 2.45) is 0 Å². The number of nitrogens with zero attached hydrogens (tertiary/aromatic N) is 2. The van der Waals surface area contributed by atoms with Gasteiger partial charge in [-0.15, -0.1) is 11.3 Å². The Morgan fingerprint density at radius 1 is 1.19 bits per heavy atom. The fourth-order valence-electron chi connectivity index (χ4n) is 2.67. The van der Waals surface area contributed by atoms with Gasteiger partial charge in [-0.1, -0.05) is 24.3 Å². The number of thiazole rings is 1.